The summed E-state index contributed by atoms with van der Waals surface area (Å²) < 4.78 is 26.4. The third-order valence-electron chi connectivity index (χ3n) is 3.49. The molecule has 0 spiro atoms. The van der Waals surface area contributed by atoms with Crippen LogP contribution in [0.4, 0.5) is 8.78 Å². The lowest BCUT2D eigenvalue weighted by Crippen LogP contribution is -2.48. The van der Waals surface area contributed by atoms with Crippen molar-refractivity contribution in [3.8, 4) is 0 Å². The van der Waals surface area contributed by atoms with Crippen LogP contribution in [0.25, 0.3) is 0 Å². The normalized spacial score (nSPS) is 21.9. The van der Waals surface area contributed by atoms with E-state index in [4.69, 9.17) is 0 Å². The molecular weight excluding hydrogens is 286 g/mol. The molecule has 1 fully saturated rings. The molecule has 1 heterocycles. The van der Waals surface area contributed by atoms with Gasteiger partial charge in [0.25, 0.3) is 0 Å². The van der Waals surface area contributed by atoms with Crippen molar-refractivity contribution in [3.05, 3.63) is 35.4 Å². The summed E-state index contributed by atoms with van der Waals surface area (Å²) in [4.78, 5) is 11.9. The molecule has 0 aromatic heterocycles. The molecule has 1 aromatic carbocycles. The quantitative estimate of drug-likeness (QED) is 0.897. The standard InChI is InChI=1S/C14H18F2N2O.ClH/c1-9-8-17-5-4-13(9)18-14(19)7-10-6-11(15)2-3-12(10)16;/h2-3,6,9,13,17H,4-5,7-8H2,1H3,(H,18,19);1H. The Bertz CT molecular complexity index is 470. The zero-order valence-electron chi connectivity index (χ0n) is 11.3. The van der Waals surface area contributed by atoms with E-state index in [0.717, 1.165) is 37.7 Å². The highest BCUT2D eigenvalue weighted by Gasteiger charge is 2.22. The highest BCUT2D eigenvalue weighted by Crippen LogP contribution is 2.13. The average Bonchev–Trinajstić information content (AvgIpc) is 2.37. The van der Waals surface area contributed by atoms with Crippen LogP contribution < -0.4 is 10.6 Å². The fourth-order valence-corrected chi connectivity index (χ4v) is 2.34. The molecule has 112 valence electrons. The van der Waals surface area contributed by atoms with E-state index in [1.807, 2.05) is 0 Å². The van der Waals surface area contributed by atoms with Crippen LogP contribution in [-0.2, 0) is 11.2 Å². The van der Waals surface area contributed by atoms with Crippen LogP contribution in [0.5, 0.6) is 0 Å². The third-order valence-corrected chi connectivity index (χ3v) is 3.49. The van der Waals surface area contributed by atoms with Gasteiger partial charge in [0.15, 0.2) is 0 Å². The minimum absolute atomic E-state index is 0. The molecule has 0 saturated carbocycles. The molecule has 1 amide bonds. The van der Waals surface area contributed by atoms with Gasteiger partial charge in [-0.15, -0.1) is 12.4 Å². The molecule has 0 aliphatic carbocycles. The van der Waals surface area contributed by atoms with Gasteiger partial charge in [-0.3, -0.25) is 4.79 Å². The van der Waals surface area contributed by atoms with E-state index in [2.05, 4.69) is 17.6 Å². The van der Waals surface area contributed by atoms with Crippen molar-refractivity contribution in [2.45, 2.75) is 25.8 Å². The van der Waals surface area contributed by atoms with Crippen molar-refractivity contribution in [1.29, 1.82) is 0 Å². The molecule has 2 N–H and O–H groups in total. The van der Waals surface area contributed by atoms with Gasteiger partial charge in [0, 0.05) is 11.6 Å². The van der Waals surface area contributed by atoms with Gasteiger partial charge in [-0.05, 0) is 43.6 Å². The average molecular weight is 305 g/mol. The number of nitrogens with one attached hydrogen (secondary N) is 2. The van der Waals surface area contributed by atoms with E-state index >= 15 is 0 Å². The number of halogens is 3. The Hall–Kier alpha value is -1.20. The Morgan fingerprint density at radius 2 is 2.20 bits per heavy atom. The maximum absolute atomic E-state index is 13.4. The van der Waals surface area contributed by atoms with Crippen molar-refractivity contribution in [2.24, 2.45) is 5.92 Å². The highest BCUT2D eigenvalue weighted by molar-refractivity contribution is 5.85. The topological polar surface area (TPSA) is 41.1 Å². The number of piperidine rings is 1. The third kappa shape index (κ3) is 4.42. The van der Waals surface area contributed by atoms with Crippen molar-refractivity contribution < 1.29 is 13.6 Å². The highest BCUT2D eigenvalue weighted by atomic mass is 35.5. The minimum atomic E-state index is -0.546. The Morgan fingerprint density at radius 1 is 1.45 bits per heavy atom. The first-order valence-corrected chi connectivity index (χ1v) is 6.50. The molecule has 0 radical (unpaired) electrons. The molecule has 2 atom stereocenters. The van der Waals surface area contributed by atoms with Crippen LogP contribution in [0.15, 0.2) is 18.2 Å². The molecule has 3 nitrogen and oxygen atoms in total. The first-order chi connectivity index (χ1) is 9.06. The Labute approximate surface area is 123 Å². The summed E-state index contributed by atoms with van der Waals surface area (Å²) >= 11 is 0. The van der Waals surface area contributed by atoms with E-state index in [9.17, 15) is 13.6 Å². The van der Waals surface area contributed by atoms with Crippen LogP contribution in [0, 0.1) is 17.6 Å². The second kappa shape index (κ2) is 7.55. The predicted molar refractivity (Wildman–Crippen MR) is 75.9 cm³/mol. The lowest BCUT2D eigenvalue weighted by Gasteiger charge is -2.30. The monoisotopic (exact) mass is 304 g/mol. The molecule has 1 aliphatic heterocycles. The summed E-state index contributed by atoms with van der Waals surface area (Å²) in [6, 6.07) is 3.27. The number of hydrogen-bond acceptors (Lipinski definition) is 2. The lowest BCUT2D eigenvalue weighted by molar-refractivity contribution is -0.121. The van der Waals surface area contributed by atoms with Gasteiger partial charge in [-0.1, -0.05) is 6.92 Å². The van der Waals surface area contributed by atoms with Gasteiger partial charge in [-0.2, -0.15) is 0 Å². The van der Waals surface area contributed by atoms with Gasteiger partial charge in [0.2, 0.25) is 5.91 Å². The van der Waals surface area contributed by atoms with E-state index in [-0.39, 0.29) is 36.3 Å². The van der Waals surface area contributed by atoms with Crippen molar-refractivity contribution in [3.63, 3.8) is 0 Å². The van der Waals surface area contributed by atoms with Crippen LogP contribution in [-0.4, -0.2) is 25.0 Å². The number of carbonyl (C=O) groups excluding carboxylic acids is 1. The Kier molecular flexibility index (Phi) is 6.36. The molecule has 2 unspecified atom stereocenters. The molecule has 0 bridgehead atoms. The second-order valence-corrected chi connectivity index (χ2v) is 5.06. The van der Waals surface area contributed by atoms with Crippen molar-refractivity contribution in [2.75, 3.05) is 13.1 Å². The van der Waals surface area contributed by atoms with Gasteiger partial charge < -0.3 is 10.6 Å². The van der Waals surface area contributed by atoms with Gasteiger partial charge in [0.1, 0.15) is 11.6 Å². The zero-order chi connectivity index (χ0) is 13.8. The SMILES string of the molecule is CC1CNCCC1NC(=O)Cc1cc(F)ccc1F.Cl. The zero-order valence-corrected chi connectivity index (χ0v) is 12.1. The summed E-state index contributed by atoms with van der Waals surface area (Å²) in [5.74, 6) is -0.993. The van der Waals surface area contributed by atoms with Crippen LogP contribution in [0.2, 0.25) is 0 Å². The summed E-state index contributed by atoms with van der Waals surface area (Å²) in [5, 5.41) is 6.14. The summed E-state index contributed by atoms with van der Waals surface area (Å²) in [6.07, 6.45) is 0.735. The number of hydrogen-bond donors (Lipinski definition) is 2. The first kappa shape index (κ1) is 16.9. The summed E-state index contributed by atoms with van der Waals surface area (Å²) in [6.45, 7) is 3.78. The number of benzene rings is 1. The smallest absolute Gasteiger partial charge is 0.224 e. The molecule has 2 rings (SSSR count). The predicted octanol–water partition coefficient (Wildman–Crippen LogP) is 2.04. The van der Waals surface area contributed by atoms with Crippen molar-refractivity contribution in [1.82, 2.24) is 10.6 Å². The maximum Gasteiger partial charge on any atom is 0.224 e. The number of amides is 1. The largest absolute Gasteiger partial charge is 0.353 e. The van der Waals surface area contributed by atoms with E-state index in [1.54, 1.807) is 0 Å². The number of carbonyl (C=O) groups is 1. The van der Waals surface area contributed by atoms with Crippen LogP contribution in [0.1, 0.15) is 18.9 Å². The molecule has 1 aromatic rings. The van der Waals surface area contributed by atoms with E-state index in [0.29, 0.717) is 5.92 Å². The van der Waals surface area contributed by atoms with Crippen molar-refractivity contribution >= 4 is 18.3 Å². The number of rotatable bonds is 3. The van der Waals surface area contributed by atoms with E-state index < -0.39 is 11.6 Å². The molecule has 20 heavy (non-hydrogen) atoms. The van der Waals surface area contributed by atoms with Crippen LogP contribution >= 0.6 is 12.4 Å². The minimum Gasteiger partial charge on any atom is -0.353 e. The Morgan fingerprint density at radius 3 is 2.90 bits per heavy atom. The second-order valence-electron chi connectivity index (χ2n) is 5.06. The van der Waals surface area contributed by atoms with Gasteiger partial charge in [0.05, 0.1) is 6.42 Å². The first-order valence-electron chi connectivity index (χ1n) is 6.50. The summed E-state index contributed by atoms with van der Waals surface area (Å²) in [7, 11) is 0. The maximum atomic E-state index is 13.4. The molecule has 1 aliphatic rings. The van der Waals surface area contributed by atoms with Crippen LogP contribution in [0.3, 0.4) is 0 Å². The fraction of sp³-hybridized carbons (Fsp3) is 0.500. The van der Waals surface area contributed by atoms with E-state index in [1.165, 1.54) is 0 Å². The molecule has 1 saturated heterocycles. The summed E-state index contributed by atoms with van der Waals surface area (Å²) in [5.41, 5.74) is 0.0964. The Balaban J connectivity index is 0.00000200. The lowest BCUT2D eigenvalue weighted by atomic mass is 9.95. The van der Waals surface area contributed by atoms with Gasteiger partial charge >= 0.3 is 0 Å². The fourth-order valence-electron chi connectivity index (χ4n) is 2.34. The molecule has 6 heteroatoms. The van der Waals surface area contributed by atoms with Gasteiger partial charge in [-0.25, -0.2) is 8.78 Å². The molecular formula is C14H19ClF2N2O.